The third kappa shape index (κ3) is 2.64. The first-order valence-electron chi connectivity index (χ1n) is 8.33. The van der Waals surface area contributed by atoms with Crippen LogP contribution in [0.4, 0.5) is 5.69 Å². The first-order chi connectivity index (χ1) is 11.7. The van der Waals surface area contributed by atoms with Crippen molar-refractivity contribution in [2.24, 2.45) is 0 Å². The van der Waals surface area contributed by atoms with Gasteiger partial charge in [-0.2, -0.15) is 0 Å². The molecule has 1 aliphatic heterocycles. The topological polar surface area (TPSA) is 53.7 Å². The molecule has 0 bridgehead atoms. The van der Waals surface area contributed by atoms with Gasteiger partial charge in [0.05, 0.1) is 0 Å². The maximum Gasteiger partial charge on any atom is 0.197 e. The maximum atomic E-state index is 12.4. The standard InChI is InChI=1S/C20H19NO3/c22-16-11-15(21-9-5-2-6-10-21)12-19-20(16)17(23)13-18(24-19)14-7-3-1-4-8-14/h1,3-4,7-8,11-13,22H,2,5-6,9-10H2. The van der Waals surface area contributed by atoms with Crippen LogP contribution in [0.25, 0.3) is 22.3 Å². The van der Waals surface area contributed by atoms with Gasteiger partial charge in [0.2, 0.25) is 0 Å². The zero-order chi connectivity index (χ0) is 16.5. The van der Waals surface area contributed by atoms with E-state index in [1.807, 2.05) is 36.4 Å². The Morgan fingerprint density at radius 2 is 1.71 bits per heavy atom. The predicted octanol–water partition coefficient (Wildman–Crippen LogP) is 4.16. The van der Waals surface area contributed by atoms with Crippen molar-refractivity contribution in [1.29, 1.82) is 0 Å². The molecule has 24 heavy (non-hydrogen) atoms. The molecule has 0 amide bonds. The molecule has 0 unspecified atom stereocenters. The first-order valence-corrected chi connectivity index (χ1v) is 8.33. The van der Waals surface area contributed by atoms with E-state index in [0.717, 1.165) is 37.2 Å². The largest absolute Gasteiger partial charge is 0.507 e. The van der Waals surface area contributed by atoms with Crippen LogP contribution in [0.5, 0.6) is 5.75 Å². The van der Waals surface area contributed by atoms with Crippen LogP contribution in [0, 0.1) is 0 Å². The molecule has 1 aromatic heterocycles. The first kappa shape index (κ1) is 14.8. The molecule has 1 N–H and O–H groups in total. The summed E-state index contributed by atoms with van der Waals surface area (Å²) < 4.78 is 5.95. The van der Waals surface area contributed by atoms with E-state index in [-0.39, 0.29) is 16.6 Å². The third-order valence-corrected chi connectivity index (χ3v) is 4.57. The van der Waals surface area contributed by atoms with Gasteiger partial charge in [-0.05, 0) is 19.3 Å². The third-order valence-electron chi connectivity index (χ3n) is 4.57. The van der Waals surface area contributed by atoms with E-state index >= 15 is 0 Å². The number of piperidine rings is 1. The Morgan fingerprint density at radius 1 is 0.958 bits per heavy atom. The summed E-state index contributed by atoms with van der Waals surface area (Å²) in [4.78, 5) is 14.7. The van der Waals surface area contributed by atoms with E-state index < -0.39 is 0 Å². The van der Waals surface area contributed by atoms with E-state index in [4.69, 9.17) is 4.42 Å². The second-order valence-electron chi connectivity index (χ2n) is 6.23. The number of fused-ring (bicyclic) bond motifs is 1. The van der Waals surface area contributed by atoms with Crippen LogP contribution < -0.4 is 10.3 Å². The molecule has 0 saturated carbocycles. The summed E-state index contributed by atoms with van der Waals surface area (Å²) in [5.41, 5.74) is 1.96. The SMILES string of the molecule is O=c1cc(-c2ccccc2)oc2cc(N3CCCCC3)cc(O)c12. The normalized spacial score (nSPS) is 14.9. The minimum absolute atomic E-state index is 0.0126. The van der Waals surface area contributed by atoms with Gasteiger partial charge in [-0.3, -0.25) is 4.79 Å². The van der Waals surface area contributed by atoms with Gasteiger partial charge in [0.15, 0.2) is 5.43 Å². The molecule has 1 aliphatic rings. The monoisotopic (exact) mass is 321 g/mol. The Hall–Kier alpha value is -2.75. The molecule has 4 rings (SSSR count). The van der Waals surface area contributed by atoms with Gasteiger partial charge in [0.1, 0.15) is 22.5 Å². The molecule has 0 spiro atoms. The van der Waals surface area contributed by atoms with Gasteiger partial charge >= 0.3 is 0 Å². The summed E-state index contributed by atoms with van der Waals surface area (Å²) in [7, 11) is 0. The quantitative estimate of drug-likeness (QED) is 0.770. The number of hydrogen-bond acceptors (Lipinski definition) is 4. The van der Waals surface area contributed by atoms with Crippen LogP contribution in [-0.4, -0.2) is 18.2 Å². The van der Waals surface area contributed by atoms with Crippen molar-refractivity contribution in [3.8, 4) is 17.1 Å². The fraction of sp³-hybridized carbons (Fsp3) is 0.250. The number of benzene rings is 2. The second kappa shape index (κ2) is 6.04. The molecule has 122 valence electrons. The smallest absolute Gasteiger partial charge is 0.197 e. The van der Waals surface area contributed by atoms with Crippen LogP contribution in [0.15, 0.2) is 57.7 Å². The maximum absolute atomic E-state index is 12.4. The molecule has 1 fully saturated rings. The predicted molar refractivity (Wildman–Crippen MR) is 95.6 cm³/mol. The number of phenolic OH excluding ortho intramolecular Hbond substituents is 1. The van der Waals surface area contributed by atoms with Crippen molar-refractivity contribution in [3.05, 3.63) is 58.8 Å². The van der Waals surface area contributed by atoms with E-state index in [2.05, 4.69) is 4.90 Å². The van der Waals surface area contributed by atoms with Crippen LogP contribution in [-0.2, 0) is 0 Å². The Bertz CT molecular complexity index is 925. The molecule has 0 radical (unpaired) electrons. The fourth-order valence-corrected chi connectivity index (χ4v) is 3.33. The summed E-state index contributed by atoms with van der Waals surface area (Å²) in [5.74, 6) is 0.504. The Morgan fingerprint density at radius 3 is 2.46 bits per heavy atom. The molecule has 1 saturated heterocycles. The molecule has 0 atom stereocenters. The molecular weight excluding hydrogens is 302 g/mol. The van der Waals surface area contributed by atoms with Gasteiger partial charge in [-0.1, -0.05) is 30.3 Å². The van der Waals surface area contributed by atoms with E-state index in [1.165, 1.54) is 12.5 Å². The molecule has 4 heteroatoms. The van der Waals surface area contributed by atoms with Crippen LogP contribution in [0.2, 0.25) is 0 Å². The van der Waals surface area contributed by atoms with Gasteiger partial charge < -0.3 is 14.4 Å². The average molecular weight is 321 g/mol. The van der Waals surface area contributed by atoms with Crippen molar-refractivity contribution in [1.82, 2.24) is 0 Å². The highest BCUT2D eigenvalue weighted by molar-refractivity contribution is 5.88. The number of rotatable bonds is 2. The number of anilines is 1. The molecule has 3 aromatic rings. The van der Waals surface area contributed by atoms with E-state index in [1.54, 1.807) is 6.07 Å². The highest BCUT2D eigenvalue weighted by Crippen LogP contribution is 2.32. The Balaban J connectivity index is 1.87. The zero-order valence-corrected chi connectivity index (χ0v) is 13.4. The average Bonchev–Trinajstić information content (AvgIpc) is 2.62. The van der Waals surface area contributed by atoms with Gasteiger partial charge in [0, 0.05) is 42.5 Å². The van der Waals surface area contributed by atoms with Crippen LogP contribution in [0.1, 0.15) is 19.3 Å². The van der Waals surface area contributed by atoms with Crippen LogP contribution >= 0.6 is 0 Å². The second-order valence-corrected chi connectivity index (χ2v) is 6.23. The number of hydrogen-bond donors (Lipinski definition) is 1. The lowest BCUT2D eigenvalue weighted by atomic mass is 10.1. The highest BCUT2D eigenvalue weighted by atomic mass is 16.3. The zero-order valence-electron chi connectivity index (χ0n) is 13.4. The summed E-state index contributed by atoms with van der Waals surface area (Å²) in [6, 6.07) is 14.5. The Kier molecular flexibility index (Phi) is 3.73. The minimum Gasteiger partial charge on any atom is -0.507 e. The Labute approximate surface area is 140 Å². The molecule has 2 aromatic carbocycles. The van der Waals surface area contributed by atoms with Gasteiger partial charge in [0.25, 0.3) is 0 Å². The number of nitrogens with zero attached hydrogens (tertiary/aromatic N) is 1. The molecule has 2 heterocycles. The number of aromatic hydroxyl groups is 1. The number of phenols is 1. The summed E-state index contributed by atoms with van der Waals surface area (Å²) >= 11 is 0. The highest BCUT2D eigenvalue weighted by Gasteiger charge is 2.16. The lowest BCUT2D eigenvalue weighted by Gasteiger charge is -2.29. The van der Waals surface area contributed by atoms with E-state index in [0.29, 0.717) is 11.3 Å². The molecule has 0 aliphatic carbocycles. The van der Waals surface area contributed by atoms with E-state index in [9.17, 15) is 9.90 Å². The minimum atomic E-state index is -0.224. The summed E-state index contributed by atoms with van der Waals surface area (Å²) in [5, 5.41) is 10.6. The van der Waals surface area contributed by atoms with Crippen molar-refractivity contribution in [2.45, 2.75) is 19.3 Å². The van der Waals surface area contributed by atoms with Gasteiger partial charge in [-0.25, -0.2) is 0 Å². The van der Waals surface area contributed by atoms with Gasteiger partial charge in [-0.15, -0.1) is 0 Å². The molecule has 4 nitrogen and oxygen atoms in total. The van der Waals surface area contributed by atoms with Crippen molar-refractivity contribution < 1.29 is 9.52 Å². The van der Waals surface area contributed by atoms with Crippen LogP contribution in [0.3, 0.4) is 0 Å². The summed E-state index contributed by atoms with van der Waals surface area (Å²) in [6.07, 6.45) is 3.53. The van der Waals surface area contributed by atoms with Crippen molar-refractivity contribution in [2.75, 3.05) is 18.0 Å². The van der Waals surface area contributed by atoms with Crippen molar-refractivity contribution >= 4 is 16.7 Å². The lowest BCUT2D eigenvalue weighted by molar-refractivity contribution is 0.479. The molecular formula is C20H19NO3. The van der Waals surface area contributed by atoms with Crippen molar-refractivity contribution in [3.63, 3.8) is 0 Å². The fourth-order valence-electron chi connectivity index (χ4n) is 3.33. The summed E-state index contributed by atoms with van der Waals surface area (Å²) in [6.45, 7) is 1.93. The lowest BCUT2D eigenvalue weighted by Crippen LogP contribution is -2.29.